The van der Waals surface area contributed by atoms with Crippen molar-refractivity contribution in [1.29, 1.82) is 0 Å². The maximum absolute atomic E-state index is 11.9. The number of hydrogen-bond acceptors (Lipinski definition) is 6. The quantitative estimate of drug-likeness (QED) is 0.935. The summed E-state index contributed by atoms with van der Waals surface area (Å²) in [6.45, 7) is 4.73. The van der Waals surface area contributed by atoms with Crippen LogP contribution >= 0.6 is 0 Å². The Morgan fingerprint density at radius 3 is 2.59 bits per heavy atom. The normalized spacial score (nSPS) is 13.8. The summed E-state index contributed by atoms with van der Waals surface area (Å²) in [7, 11) is 0. The van der Waals surface area contributed by atoms with Crippen LogP contribution in [0.15, 0.2) is 34.6 Å². The van der Waals surface area contributed by atoms with Gasteiger partial charge in [0.2, 0.25) is 11.6 Å². The highest BCUT2D eigenvalue weighted by Crippen LogP contribution is 2.22. The molecule has 1 aromatic heterocycles. The third-order valence-corrected chi connectivity index (χ3v) is 2.99. The summed E-state index contributed by atoms with van der Waals surface area (Å²) < 4.78 is 15.7. The summed E-state index contributed by atoms with van der Waals surface area (Å²) in [6, 6.07) is 5.93. The van der Waals surface area contributed by atoms with Crippen LogP contribution in [0.5, 0.6) is 0 Å². The first-order chi connectivity index (χ1) is 10.6. The van der Waals surface area contributed by atoms with Gasteiger partial charge >= 0.3 is 6.01 Å². The van der Waals surface area contributed by atoms with E-state index in [2.05, 4.69) is 21.6 Å². The molecule has 3 rings (SSSR count). The molecule has 0 saturated heterocycles. The van der Waals surface area contributed by atoms with Gasteiger partial charge in [0.15, 0.2) is 0 Å². The lowest BCUT2D eigenvalue weighted by atomic mass is 10.1. The smallest absolute Gasteiger partial charge is 0.322 e. The average molecular weight is 301 g/mol. The standard InChI is InChI=1S/C15H15N3O4/c1-9-5-10(2)7-11(6-9)14-17-18-15(22-14)16-13(19)12-8-20-3-4-21-12/h5-8H,3-4H2,1-2H3,(H,16,18,19). The number of rotatable bonds is 3. The lowest BCUT2D eigenvalue weighted by molar-refractivity contribution is -0.117. The predicted octanol–water partition coefficient (Wildman–Crippen LogP) is 2.18. The first kappa shape index (κ1) is 14.1. The van der Waals surface area contributed by atoms with Crippen LogP contribution in [0.2, 0.25) is 0 Å². The van der Waals surface area contributed by atoms with Crippen molar-refractivity contribution < 1.29 is 18.7 Å². The summed E-state index contributed by atoms with van der Waals surface area (Å²) >= 11 is 0. The molecule has 1 aliphatic rings. The second kappa shape index (κ2) is 5.88. The van der Waals surface area contributed by atoms with Crippen molar-refractivity contribution in [2.24, 2.45) is 0 Å². The Morgan fingerprint density at radius 1 is 1.14 bits per heavy atom. The van der Waals surface area contributed by atoms with E-state index in [1.807, 2.05) is 26.0 Å². The first-order valence-corrected chi connectivity index (χ1v) is 6.80. The highest BCUT2D eigenvalue weighted by atomic mass is 16.6. The molecule has 1 aliphatic heterocycles. The Hall–Kier alpha value is -2.83. The number of amides is 1. The van der Waals surface area contributed by atoms with Crippen molar-refractivity contribution in [2.75, 3.05) is 18.5 Å². The number of hydrogen-bond donors (Lipinski definition) is 1. The van der Waals surface area contributed by atoms with Gasteiger partial charge in [-0.2, -0.15) is 0 Å². The molecule has 0 spiro atoms. The molecular formula is C15H15N3O4. The summed E-state index contributed by atoms with van der Waals surface area (Å²) in [5.74, 6) is -0.0652. The summed E-state index contributed by atoms with van der Waals surface area (Å²) in [4.78, 5) is 11.9. The fraction of sp³-hybridized carbons (Fsp3) is 0.267. The zero-order chi connectivity index (χ0) is 15.5. The van der Waals surface area contributed by atoms with E-state index in [1.165, 1.54) is 6.26 Å². The van der Waals surface area contributed by atoms with Crippen LogP contribution in [0.4, 0.5) is 6.01 Å². The van der Waals surface area contributed by atoms with Gasteiger partial charge in [-0.25, -0.2) is 0 Å². The Kier molecular flexibility index (Phi) is 3.78. The molecule has 0 saturated carbocycles. The highest BCUT2D eigenvalue weighted by molar-refractivity contribution is 6.00. The van der Waals surface area contributed by atoms with E-state index in [0.29, 0.717) is 19.1 Å². The molecule has 0 aliphatic carbocycles. The van der Waals surface area contributed by atoms with Crippen molar-refractivity contribution in [3.8, 4) is 11.5 Å². The van der Waals surface area contributed by atoms with Crippen molar-refractivity contribution in [1.82, 2.24) is 10.2 Å². The Bertz CT molecular complexity index is 716. The van der Waals surface area contributed by atoms with Crippen molar-refractivity contribution in [3.05, 3.63) is 41.3 Å². The number of ether oxygens (including phenoxy) is 2. The highest BCUT2D eigenvalue weighted by Gasteiger charge is 2.18. The molecule has 2 aromatic rings. The summed E-state index contributed by atoms with van der Waals surface area (Å²) in [6.07, 6.45) is 1.26. The topological polar surface area (TPSA) is 86.5 Å². The molecule has 1 aromatic carbocycles. The monoisotopic (exact) mass is 301 g/mol. The van der Waals surface area contributed by atoms with Crippen LogP contribution < -0.4 is 5.32 Å². The van der Waals surface area contributed by atoms with Crippen LogP contribution in [0, 0.1) is 13.8 Å². The number of nitrogens with one attached hydrogen (secondary N) is 1. The third-order valence-electron chi connectivity index (χ3n) is 2.99. The van der Waals surface area contributed by atoms with Gasteiger partial charge in [-0.05, 0) is 26.0 Å². The number of carbonyl (C=O) groups excluding carboxylic acids is 1. The number of aryl methyl sites for hydroxylation is 2. The van der Waals surface area contributed by atoms with E-state index >= 15 is 0 Å². The Labute approximate surface area is 126 Å². The van der Waals surface area contributed by atoms with Crippen LogP contribution in [-0.4, -0.2) is 29.3 Å². The summed E-state index contributed by atoms with van der Waals surface area (Å²) in [5.41, 5.74) is 3.00. The number of aromatic nitrogens is 2. The molecule has 1 N–H and O–H groups in total. The van der Waals surface area contributed by atoms with Gasteiger partial charge in [0.1, 0.15) is 19.5 Å². The molecule has 114 valence electrons. The SMILES string of the molecule is Cc1cc(C)cc(-c2nnc(NC(=O)C3=COCCO3)o2)c1. The molecule has 0 unspecified atom stereocenters. The summed E-state index contributed by atoms with van der Waals surface area (Å²) in [5, 5.41) is 10.2. The first-order valence-electron chi connectivity index (χ1n) is 6.80. The Balaban J connectivity index is 1.76. The van der Waals surface area contributed by atoms with Crippen LogP contribution in [0.3, 0.4) is 0 Å². The number of anilines is 1. The molecular weight excluding hydrogens is 286 g/mol. The van der Waals surface area contributed by atoms with Crippen molar-refractivity contribution in [2.45, 2.75) is 13.8 Å². The molecule has 7 heteroatoms. The van der Waals surface area contributed by atoms with Crippen molar-refractivity contribution in [3.63, 3.8) is 0 Å². The maximum atomic E-state index is 11.9. The largest absolute Gasteiger partial charge is 0.494 e. The van der Waals surface area contributed by atoms with Gasteiger partial charge in [-0.3, -0.25) is 10.1 Å². The second-order valence-corrected chi connectivity index (χ2v) is 4.94. The number of benzene rings is 1. The van der Waals surface area contributed by atoms with Crippen LogP contribution in [0.1, 0.15) is 11.1 Å². The zero-order valence-corrected chi connectivity index (χ0v) is 12.3. The van der Waals surface area contributed by atoms with E-state index in [-0.39, 0.29) is 11.8 Å². The lowest BCUT2D eigenvalue weighted by Crippen LogP contribution is -2.21. The average Bonchev–Trinajstić information content (AvgIpc) is 2.96. The van der Waals surface area contributed by atoms with E-state index < -0.39 is 5.91 Å². The minimum absolute atomic E-state index is 0.00855. The molecule has 7 nitrogen and oxygen atoms in total. The van der Waals surface area contributed by atoms with E-state index in [4.69, 9.17) is 13.9 Å². The third kappa shape index (κ3) is 3.08. The van der Waals surface area contributed by atoms with Crippen LogP contribution in [0.25, 0.3) is 11.5 Å². The Morgan fingerprint density at radius 2 is 1.91 bits per heavy atom. The zero-order valence-electron chi connectivity index (χ0n) is 12.3. The predicted molar refractivity (Wildman–Crippen MR) is 77.8 cm³/mol. The van der Waals surface area contributed by atoms with Gasteiger partial charge in [0, 0.05) is 5.56 Å². The minimum atomic E-state index is -0.490. The van der Waals surface area contributed by atoms with Crippen molar-refractivity contribution >= 4 is 11.9 Å². The maximum Gasteiger partial charge on any atom is 0.322 e. The number of carbonyl (C=O) groups is 1. The van der Waals surface area contributed by atoms with Gasteiger partial charge < -0.3 is 13.9 Å². The van der Waals surface area contributed by atoms with Gasteiger partial charge in [0.05, 0.1) is 0 Å². The molecule has 1 amide bonds. The fourth-order valence-electron chi connectivity index (χ4n) is 2.13. The van der Waals surface area contributed by atoms with Gasteiger partial charge in [-0.1, -0.05) is 22.3 Å². The van der Waals surface area contributed by atoms with Gasteiger partial charge in [-0.15, -0.1) is 5.10 Å². The van der Waals surface area contributed by atoms with Crippen LogP contribution in [-0.2, 0) is 14.3 Å². The molecule has 0 radical (unpaired) electrons. The van der Waals surface area contributed by atoms with E-state index in [0.717, 1.165) is 16.7 Å². The number of nitrogens with zero attached hydrogens (tertiary/aromatic N) is 2. The lowest BCUT2D eigenvalue weighted by Gasteiger charge is -2.13. The van der Waals surface area contributed by atoms with E-state index in [1.54, 1.807) is 0 Å². The molecule has 2 heterocycles. The second-order valence-electron chi connectivity index (χ2n) is 4.94. The van der Waals surface area contributed by atoms with E-state index in [9.17, 15) is 4.79 Å². The molecule has 22 heavy (non-hydrogen) atoms. The fourth-order valence-corrected chi connectivity index (χ4v) is 2.13. The molecule has 0 bridgehead atoms. The van der Waals surface area contributed by atoms with Gasteiger partial charge in [0.25, 0.3) is 5.91 Å². The molecule has 0 atom stereocenters. The minimum Gasteiger partial charge on any atom is -0.494 e. The molecule has 0 fully saturated rings.